The van der Waals surface area contributed by atoms with Crippen molar-refractivity contribution in [1.29, 1.82) is 0 Å². The van der Waals surface area contributed by atoms with E-state index >= 15 is 0 Å². The number of aliphatic hydroxyl groups is 1. The van der Waals surface area contributed by atoms with Gasteiger partial charge in [-0.25, -0.2) is 0 Å². The fourth-order valence-electron chi connectivity index (χ4n) is 1.04. The second-order valence-electron chi connectivity index (χ2n) is 2.77. The molecule has 1 atom stereocenters. The first-order valence-electron chi connectivity index (χ1n) is 4.22. The van der Waals surface area contributed by atoms with E-state index in [4.69, 9.17) is 9.52 Å². The van der Waals surface area contributed by atoms with E-state index in [0.717, 1.165) is 18.7 Å². The predicted octanol–water partition coefficient (Wildman–Crippen LogP) is 1.31. The zero-order valence-corrected chi connectivity index (χ0v) is 7.29. The van der Waals surface area contributed by atoms with E-state index in [0.29, 0.717) is 0 Å². The van der Waals surface area contributed by atoms with Gasteiger partial charge in [-0.05, 0) is 32.0 Å². The van der Waals surface area contributed by atoms with Crippen molar-refractivity contribution in [3.8, 4) is 0 Å². The van der Waals surface area contributed by atoms with Crippen molar-refractivity contribution < 1.29 is 9.52 Å². The van der Waals surface area contributed by atoms with Gasteiger partial charge in [-0.2, -0.15) is 0 Å². The largest absolute Gasteiger partial charge is 0.468 e. The maximum atomic E-state index is 8.55. The van der Waals surface area contributed by atoms with Gasteiger partial charge in [0, 0.05) is 6.61 Å². The van der Waals surface area contributed by atoms with Crippen LogP contribution in [0.5, 0.6) is 0 Å². The van der Waals surface area contributed by atoms with Gasteiger partial charge in [-0.1, -0.05) is 0 Å². The Balaban J connectivity index is 2.25. The summed E-state index contributed by atoms with van der Waals surface area (Å²) in [4.78, 5) is 0. The van der Waals surface area contributed by atoms with E-state index < -0.39 is 0 Å². The molecule has 0 bridgehead atoms. The zero-order valence-electron chi connectivity index (χ0n) is 7.29. The molecule has 0 aromatic carbocycles. The van der Waals surface area contributed by atoms with Crippen LogP contribution in [0.3, 0.4) is 0 Å². The molecule has 3 heteroatoms. The average Bonchev–Trinajstić information content (AvgIpc) is 2.56. The lowest BCUT2D eigenvalue weighted by Gasteiger charge is -2.09. The fraction of sp³-hybridized carbons (Fsp3) is 0.556. The van der Waals surface area contributed by atoms with Gasteiger partial charge >= 0.3 is 0 Å². The third kappa shape index (κ3) is 2.68. The Morgan fingerprint density at radius 2 is 2.50 bits per heavy atom. The Bertz CT molecular complexity index is 196. The maximum absolute atomic E-state index is 8.55. The molecule has 0 amide bonds. The second-order valence-corrected chi connectivity index (χ2v) is 2.77. The van der Waals surface area contributed by atoms with Crippen molar-refractivity contribution in [2.24, 2.45) is 0 Å². The van der Waals surface area contributed by atoms with Crippen LogP contribution in [0.15, 0.2) is 22.8 Å². The minimum Gasteiger partial charge on any atom is -0.468 e. The van der Waals surface area contributed by atoms with Crippen LogP contribution in [-0.2, 0) is 0 Å². The number of rotatable bonds is 5. The normalized spacial score (nSPS) is 13.2. The summed E-state index contributed by atoms with van der Waals surface area (Å²) < 4.78 is 5.20. The molecule has 0 spiro atoms. The summed E-state index contributed by atoms with van der Waals surface area (Å²) >= 11 is 0. The molecule has 12 heavy (non-hydrogen) atoms. The summed E-state index contributed by atoms with van der Waals surface area (Å²) in [6.45, 7) is 3.09. The molecule has 1 rings (SSSR count). The van der Waals surface area contributed by atoms with Gasteiger partial charge in [0.05, 0.1) is 12.3 Å². The summed E-state index contributed by atoms with van der Waals surface area (Å²) in [5, 5.41) is 11.8. The van der Waals surface area contributed by atoms with Crippen LogP contribution in [0.25, 0.3) is 0 Å². The van der Waals surface area contributed by atoms with E-state index in [1.165, 1.54) is 0 Å². The third-order valence-electron chi connectivity index (χ3n) is 1.76. The lowest BCUT2D eigenvalue weighted by molar-refractivity contribution is 0.282. The van der Waals surface area contributed by atoms with Crippen LogP contribution >= 0.6 is 0 Å². The Hall–Kier alpha value is -0.800. The third-order valence-corrected chi connectivity index (χ3v) is 1.76. The first-order valence-corrected chi connectivity index (χ1v) is 4.22. The Morgan fingerprint density at radius 1 is 1.67 bits per heavy atom. The van der Waals surface area contributed by atoms with E-state index in [1.807, 2.05) is 19.1 Å². The molecule has 0 aliphatic rings. The Morgan fingerprint density at radius 3 is 3.08 bits per heavy atom. The molecule has 0 aliphatic heterocycles. The molecule has 0 fully saturated rings. The number of nitrogens with one attached hydrogen (secondary N) is 1. The van der Waals surface area contributed by atoms with Crippen LogP contribution in [0.4, 0.5) is 0 Å². The molecular weight excluding hydrogens is 154 g/mol. The maximum Gasteiger partial charge on any atom is 0.120 e. The molecule has 68 valence electrons. The number of hydrogen-bond acceptors (Lipinski definition) is 3. The highest BCUT2D eigenvalue weighted by molar-refractivity contribution is 5.02. The standard InChI is InChI=1S/C9H15NO2/c1-8(10-5-3-6-11)9-4-2-7-12-9/h2,4,7-8,10-11H,3,5-6H2,1H3/t8-/m0/s1. The fourth-order valence-corrected chi connectivity index (χ4v) is 1.04. The zero-order chi connectivity index (χ0) is 8.81. The van der Waals surface area contributed by atoms with Crippen molar-refractivity contribution in [1.82, 2.24) is 5.32 Å². The minimum absolute atomic E-state index is 0.228. The van der Waals surface area contributed by atoms with Crippen molar-refractivity contribution in [2.75, 3.05) is 13.2 Å². The number of aliphatic hydroxyl groups excluding tert-OH is 1. The van der Waals surface area contributed by atoms with Crippen molar-refractivity contribution in [3.05, 3.63) is 24.2 Å². The Kier molecular flexibility index (Phi) is 3.84. The van der Waals surface area contributed by atoms with E-state index in [1.54, 1.807) is 6.26 Å². The summed E-state index contributed by atoms with van der Waals surface area (Å²) in [6.07, 6.45) is 2.45. The summed E-state index contributed by atoms with van der Waals surface area (Å²) in [7, 11) is 0. The molecule has 3 nitrogen and oxygen atoms in total. The second kappa shape index (κ2) is 4.95. The summed E-state index contributed by atoms with van der Waals surface area (Å²) in [5.41, 5.74) is 0. The number of furan rings is 1. The molecule has 0 radical (unpaired) electrons. The van der Waals surface area contributed by atoms with E-state index in [9.17, 15) is 0 Å². The molecular formula is C9H15NO2. The van der Waals surface area contributed by atoms with Gasteiger partial charge in [0.15, 0.2) is 0 Å². The predicted molar refractivity (Wildman–Crippen MR) is 46.8 cm³/mol. The van der Waals surface area contributed by atoms with Crippen molar-refractivity contribution >= 4 is 0 Å². The lowest BCUT2D eigenvalue weighted by Crippen LogP contribution is -2.20. The van der Waals surface area contributed by atoms with Crippen LogP contribution in [0.2, 0.25) is 0 Å². The van der Waals surface area contributed by atoms with E-state index in [-0.39, 0.29) is 12.6 Å². The smallest absolute Gasteiger partial charge is 0.120 e. The molecule has 2 N–H and O–H groups in total. The molecule has 0 saturated heterocycles. The van der Waals surface area contributed by atoms with Crippen molar-refractivity contribution in [2.45, 2.75) is 19.4 Å². The molecule has 0 saturated carbocycles. The first-order chi connectivity index (χ1) is 5.84. The first kappa shape index (κ1) is 9.29. The van der Waals surface area contributed by atoms with Crippen molar-refractivity contribution in [3.63, 3.8) is 0 Å². The minimum atomic E-state index is 0.228. The number of hydrogen-bond donors (Lipinski definition) is 2. The average molecular weight is 169 g/mol. The quantitative estimate of drug-likeness (QED) is 0.653. The van der Waals surface area contributed by atoms with E-state index in [2.05, 4.69) is 5.32 Å². The van der Waals surface area contributed by atoms with Crippen LogP contribution in [0, 0.1) is 0 Å². The van der Waals surface area contributed by atoms with Crippen LogP contribution in [-0.4, -0.2) is 18.3 Å². The van der Waals surface area contributed by atoms with Gasteiger partial charge in [-0.15, -0.1) is 0 Å². The van der Waals surface area contributed by atoms with Crippen LogP contribution < -0.4 is 5.32 Å². The molecule has 0 aliphatic carbocycles. The Labute approximate surface area is 72.4 Å². The molecule has 1 aromatic heterocycles. The van der Waals surface area contributed by atoms with Gasteiger partial charge in [0.25, 0.3) is 0 Å². The van der Waals surface area contributed by atoms with Gasteiger partial charge < -0.3 is 14.8 Å². The lowest BCUT2D eigenvalue weighted by atomic mass is 10.2. The van der Waals surface area contributed by atoms with Gasteiger partial charge in [0.2, 0.25) is 0 Å². The SMILES string of the molecule is C[C@H](NCCCO)c1ccco1. The monoisotopic (exact) mass is 169 g/mol. The highest BCUT2D eigenvalue weighted by Crippen LogP contribution is 2.11. The van der Waals surface area contributed by atoms with Gasteiger partial charge in [0.1, 0.15) is 5.76 Å². The van der Waals surface area contributed by atoms with Crippen LogP contribution in [0.1, 0.15) is 25.1 Å². The molecule has 1 heterocycles. The summed E-state index contributed by atoms with van der Waals surface area (Å²) in [5.74, 6) is 0.938. The van der Waals surface area contributed by atoms with Gasteiger partial charge in [-0.3, -0.25) is 0 Å². The molecule has 0 unspecified atom stereocenters. The molecule has 1 aromatic rings. The highest BCUT2D eigenvalue weighted by atomic mass is 16.3. The summed E-state index contributed by atoms with van der Waals surface area (Å²) in [6, 6.07) is 4.04. The topological polar surface area (TPSA) is 45.4 Å². The highest BCUT2D eigenvalue weighted by Gasteiger charge is 2.05.